The molecule has 4 bridgehead atoms. The third-order valence-electron chi connectivity index (χ3n) is 5.98. The van der Waals surface area contributed by atoms with Crippen LogP contribution in [0.3, 0.4) is 0 Å². The van der Waals surface area contributed by atoms with Gasteiger partial charge in [0.05, 0.1) is 5.76 Å². The SMILES string of the molecule is CO[Si](C)(C)/C=C(\O[Si](C)(C)C)C12CC3CC(CC(C3)C1)C2. The Bertz CT molecular complexity index is 427. The molecule has 4 rings (SSSR count). The zero-order valence-electron chi connectivity index (χ0n) is 15.4. The van der Waals surface area contributed by atoms with Gasteiger partial charge in [-0.3, -0.25) is 0 Å². The fourth-order valence-electron chi connectivity index (χ4n) is 5.41. The molecule has 4 aliphatic rings. The van der Waals surface area contributed by atoms with Gasteiger partial charge in [0.15, 0.2) is 0 Å². The predicted octanol–water partition coefficient (Wildman–Crippen LogP) is 5.33. The molecule has 0 radical (unpaired) electrons. The largest absolute Gasteiger partial charge is 0.547 e. The molecule has 0 heterocycles. The number of hydrogen-bond acceptors (Lipinski definition) is 2. The van der Waals surface area contributed by atoms with Gasteiger partial charge in [0.1, 0.15) is 0 Å². The van der Waals surface area contributed by atoms with Crippen LogP contribution in [0.1, 0.15) is 38.5 Å². The third kappa shape index (κ3) is 3.39. The highest BCUT2D eigenvalue weighted by Crippen LogP contribution is 2.63. The topological polar surface area (TPSA) is 18.5 Å². The Balaban J connectivity index is 1.95. The molecule has 0 aromatic heterocycles. The van der Waals surface area contributed by atoms with Crippen LogP contribution in [0.5, 0.6) is 0 Å². The van der Waals surface area contributed by atoms with Crippen LogP contribution in [-0.2, 0) is 8.85 Å². The lowest BCUT2D eigenvalue weighted by Gasteiger charge is -2.58. The molecule has 22 heavy (non-hydrogen) atoms. The van der Waals surface area contributed by atoms with Gasteiger partial charge >= 0.3 is 0 Å². The van der Waals surface area contributed by atoms with Crippen molar-refractivity contribution in [2.24, 2.45) is 23.2 Å². The first-order valence-corrected chi connectivity index (χ1v) is 15.5. The molecule has 4 fully saturated rings. The van der Waals surface area contributed by atoms with Gasteiger partial charge in [0, 0.05) is 12.5 Å². The van der Waals surface area contributed by atoms with E-state index in [-0.39, 0.29) is 0 Å². The van der Waals surface area contributed by atoms with Gasteiger partial charge in [-0.15, -0.1) is 0 Å². The molecule has 2 nitrogen and oxygen atoms in total. The second kappa shape index (κ2) is 5.49. The minimum atomic E-state index is -1.76. The normalized spacial score (nSPS) is 38.5. The molecule has 126 valence electrons. The molecule has 0 spiro atoms. The van der Waals surface area contributed by atoms with Crippen molar-refractivity contribution in [1.82, 2.24) is 0 Å². The Morgan fingerprint density at radius 3 is 1.73 bits per heavy atom. The van der Waals surface area contributed by atoms with Crippen molar-refractivity contribution < 1.29 is 8.85 Å². The summed E-state index contributed by atoms with van der Waals surface area (Å²) in [6, 6.07) is 0. The number of rotatable bonds is 5. The molecular formula is C18H34O2Si2. The summed E-state index contributed by atoms with van der Waals surface area (Å²) < 4.78 is 12.6. The number of hydrogen-bond donors (Lipinski definition) is 0. The van der Waals surface area contributed by atoms with Gasteiger partial charge in [-0.05, 0) is 94.7 Å². The minimum absolute atomic E-state index is 0.359. The molecule has 0 aromatic rings. The van der Waals surface area contributed by atoms with Crippen molar-refractivity contribution in [3.05, 3.63) is 11.5 Å². The van der Waals surface area contributed by atoms with E-state index in [1.54, 1.807) is 0 Å². The van der Waals surface area contributed by atoms with E-state index in [2.05, 4.69) is 38.4 Å². The first kappa shape index (κ1) is 16.8. The molecule has 4 aliphatic carbocycles. The van der Waals surface area contributed by atoms with Crippen LogP contribution in [0.4, 0.5) is 0 Å². The minimum Gasteiger partial charge on any atom is -0.547 e. The van der Waals surface area contributed by atoms with Crippen molar-refractivity contribution in [2.75, 3.05) is 7.11 Å². The lowest BCUT2D eigenvalue weighted by molar-refractivity contribution is -0.0483. The molecule has 0 aromatic carbocycles. The fraction of sp³-hybridized carbons (Fsp3) is 0.889. The second-order valence-electron chi connectivity index (χ2n) is 9.73. The first-order valence-electron chi connectivity index (χ1n) is 9.08. The summed E-state index contributed by atoms with van der Waals surface area (Å²) in [6.07, 6.45) is 8.61. The van der Waals surface area contributed by atoms with E-state index in [1.807, 2.05) is 7.11 Å². The molecule has 4 saturated carbocycles. The van der Waals surface area contributed by atoms with Crippen molar-refractivity contribution >= 4 is 16.6 Å². The summed E-state index contributed by atoms with van der Waals surface area (Å²) in [5, 5.41) is 0. The Labute approximate surface area is 138 Å². The molecule has 4 heteroatoms. The van der Waals surface area contributed by atoms with E-state index in [1.165, 1.54) is 44.3 Å². The van der Waals surface area contributed by atoms with E-state index >= 15 is 0 Å². The predicted molar refractivity (Wildman–Crippen MR) is 97.6 cm³/mol. The highest BCUT2D eigenvalue weighted by atomic mass is 28.4. The van der Waals surface area contributed by atoms with Crippen LogP contribution in [0.15, 0.2) is 11.5 Å². The van der Waals surface area contributed by atoms with E-state index < -0.39 is 16.6 Å². The van der Waals surface area contributed by atoms with E-state index in [4.69, 9.17) is 8.85 Å². The number of allylic oxidation sites excluding steroid dienone is 1. The maximum atomic E-state index is 6.72. The molecule has 0 amide bonds. The van der Waals surface area contributed by atoms with Crippen molar-refractivity contribution in [1.29, 1.82) is 0 Å². The van der Waals surface area contributed by atoms with Gasteiger partial charge in [0.2, 0.25) is 16.6 Å². The summed E-state index contributed by atoms with van der Waals surface area (Å²) in [5.74, 6) is 4.25. The molecule has 0 unspecified atom stereocenters. The molecular weight excluding hydrogens is 304 g/mol. The van der Waals surface area contributed by atoms with Crippen molar-refractivity contribution in [3.8, 4) is 0 Å². The van der Waals surface area contributed by atoms with E-state index in [0.29, 0.717) is 5.41 Å². The standard InChI is InChI=1S/C18H34O2Si2/c1-19-22(5,6)13-17(20-21(2,3)4)18-10-14-7-15(11-18)9-16(8-14)12-18/h13-16H,7-12H2,1-6H3/b17-13-. The molecule has 0 aliphatic heterocycles. The smallest absolute Gasteiger partial charge is 0.241 e. The van der Waals surface area contributed by atoms with Gasteiger partial charge in [-0.25, -0.2) is 0 Å². The highest BCUT2D eigenvalue weighted by molar-refractivity contribution is 6.76. The average Bonchev–Trinajstić information content (AvgIpc) is 2.34. The molecule has 0 N–H and O–H groups in total. The van der Waals surface area contributed by atoms with Crippen LogP contribution in [0, 0.1) is 23.2 Å². The lowest BCUT2D eigenvalue weighted by Crippen LogP contribution is -2.49. The van der Waals surface area contributed by atoms with Crippen LogP contribution >= 0.6 is 0 Å². The maximum Gasteiger partial charge on any atom is 0.241 e. The van der Waals surface area contributed by atoms with Gasteiger partial charge in [-0.2, -0.15) is 0 Å². The second-order valence-corrected chi connectivity index (χ2v) is 18.1. The summed E-state index contributed by atoms with van der Waals surface area (Å²) in [5.41, 5.74) is 2.82. The lowest BCUT2D eigenvalue weighted by atomic mass is 9.49. The fourth-order valence-corrected chi connectivity index (χ4v) is 7.58. The monoisotopic (exact) mass is 338 g/mol. The maximum absolute atomic E-state index is 6.72. The Morgan fingerprint density at radius 2 is 1.36 bits per heavy atom. The highest BCUT2D eigenvalue weighted by Gasteiger charge is 2.54. The first-order chi connectivity index (χ1) is 10.1. The molecule has 0 saturated heterocycles. The van der Waals surface area contributed by atoms with Crippen molar-refractivity contribution in [3.63, 3.8) is 0 Å². The molecule has 0 atom stereocenters. The third-order valence-corrected chi connectivity index (χ3v) is 8.82. The van der Waals surface area contributed by atoms with Gasteiger partial charge in [-0.1, -0.05) is 0 Å². The summed E-state index contributed by atoms with van der Waals surface area (Å²) >= 11 is 0. The zero-order chi connectivity index (χ0) is 16.2. The van der Waals surface area contributed by atoms with Crippen LogP contribution < -0.4 is 0 Å². The van der Waals surface area contributed by atoms with Crippen LogP contribution in [-0.4, -0.2) is 23.7 Å². The Morgan fingerprint density at radius 1 is 0.909 bits per heavy atom. The Hall–Kier alpha value is -0.0662. The van der Waals surface area contributed by atoms with Crippen molar-refractivity contribution in [2.45, 2.75) is 71.3 Å². The van der Waals surface area contributed by atoms with E-state index in [9.17, 15) is 0 Å². The summed E-state index contributed by atoms with van der Waals surface area (Å²) in [7, 11) is -1.47. The summed E-state index contributed by atoms with van der Waals surface area (Å²) in [4.78, 5) is 0. The Kier molecular flexibility index (Phi) is 4.19. The van der Waals surface area contributed by atoms with Crippen LogP contribution in [0.2, 0.25) is 32.7 Å². The average molecular weight is 339 g/mol. The van der Waals surface area contributed by atoms with Crippen LogP contribution in [0.25, 0.3) is 0 Å². The zero-order valence-corrected chi connectivity index (χ0v) is 17.4. The summed E-state index contributed by atoms with van der Waals surface area (Å²) in [6.45, 7) is 11.6. The quantitative estimate of drug-likeness (QED) is 0.498. The van der Waals surface area contributed by atoms with E-state index in [0.717, 1.165) is 17.8 Å². The van der Waals surface area contributed by atoms with Gasteiger partial charge in [0.25, 0.3) is 0 Å². The van der Waals surface area contributed by atoms with Gasteiger partial charge < -0.3 is 8.85 Å².